The molecule has 0 heterocycles. The minimum absolute atomic E-state index is 0.194. The topological polar surface area (TPSA) is 43.1 Å². The van der Waals surface area contributed by atoms with E-state index in [1.54, 1.807) is 6.92 Å². The van der Waals surface area contributed by atoms with E-state index < -0.39 is 4.92 Å². The van der Waals surface area contributed by atoms with Gasteiger partial charge in [0.2, 0.25) is 5.70 Å². The van der Waals surface area contributed by atoms with Gasteiger partial charge in [0.25, 0.3) is 0 Å². The molecule has 0 aromatic heterocycles. The zero-order valence-corrected chi connectivity index (χ0v) is 4.34. The Hall–Kier alpha value is -0.860. The van der Waals surface area contributed by atoms with Gasteiger partial charge in [-0.15, -0.1) is 0 Å². The summed E-state index contributed by atoms with van der Waals surface area (Å²) in [6.45, 7) is 3.10. The Morgan fingerprint density at radius 1 is 1.86 bits per heavy atom. The number of hydrogen-bond acceptors (Lipinski definition) is 2. The molecule has 0 aromatic rings. The molecular weight excluding hydrogens is 94.0 g/mol. The molecule has 0 atom stereocenters. The first-order chi connectivity index (χ1) is 3.18. The Morgan fingerprint density at radius 3 is 2.29 bits per heavy atom. The van der Waals surface area contributed by atoms with E-state index in [1.807, 2.05) is 0 Å². The molecule has 0 aliphatic carbocycles. The average Bonchev–Trinajstić information content (AvgIpc) is 1.65. The van der Waals surface area contributed by atoms with Gasteiger partial charge in [0.15, 0.2) is 0 Å². The number of nitro groups is 1. The number of nitrogens with zero attached hydrogens (tertiary/aromatic N) is 1. The molecule has 0 aromatic carbocycles. The third kappa shape index (κ3) is 1.92. The van der Waals surface area contributed by atoms with Crippen LogP contribution in [0.25, 0.3) is 0 Å². The summed E-state index contributed by atoms with van der Waals surface area (Å²) in [6, 6.07) is 0. The molecule has 0 aliphatic rings. The quantitative estimate of drug-likeness (QED) is 0.367. The minimum atomic E-state index is -0.417. The average molecular weight is 101 g/mol. The van der Waals surface area contributed by atoms with Crippen LogP contribution in [0.1, 0.15) is 13.8 Å². The maximum Gasteiger partial charge on any atom is 0.238 e. The Morgan fingerprint density at radius 2 is 2.29 bits per heavy atom. The molecule has 0 amide bonds. The van der Waals surface area contributed by atoms with Crippen LogP contribution in [0, 0.1) is 10.1 Å². The lowest BCUT2D eigenvalue weighted by molar-refractivity contribution is -0.424. The van der Waals surface area contributed by atoms with Gasteiger partial charge in [-0.2, -0.15) is 0 Å². The van der Waals surface area contributed by atoms with E-state index in [1.165, 1.54) is 13.0 Å². The molecule has 40 valence electrons. The molecule has 0 fully saturated rings. The molecule has 0 saturated heterocycles. The molecule has 0 saturated carbocycles. The second-order valence-corrected chi connectivity index (χ2v) is 1.19. The molecule has 0 radical (unpaired) electrons. The predicted octanol–water partition coefficient (Wildman–Crippen LogP) is 1.19. The lowest BCUT2D eigenvalue weighted by atomic mass is 10.5. The van der Waals surface area contributed by atoms with Crippen molar-refractivity contribution in [2.75, 3.05) is 0 Å². The van der Waals surface area contributed by atoms with Gasteiger partial charge < -0.3 is 0 Å². The number of allylic oxidation sites excluding steroid dienone is 2. The molecule has 0 rings (SSSR count). The standard InChI is InChI=1S/C4H7NO2/c1-3-4(2)5(6)7/h3H,1-2H3/b4-3+. The summed E-state index contributed by atoms with van der Waals surface area (Å²) in [7, 11) is 0. The van der Waals surface area contributed by atoms with Crippen molar-refractivity contribution < 1.29 is 4.92 Å². The molecular formula is C4H7NO2. The van der Waals surface area contributed by atoms with Crippen molar-refractivity contribution in [1.82, 2.24) is 0 Å². The SMILES string of the molecule is C/C=C(\C)[N+](=O)[O-]. The second-order valence-electron chi connectivity index (χ2n) is 1.19. The van der Waals surface area contributed by atoms with Crippen molar-refractivity contribution in [2.24, 2.45) is 0 Å². The van der Waals surface area contributed by atoms with E-state index in [0.717, 1.165) is 0 Å². The van der Waals surface area contributed by atoms with Crippen LogP contribution in [-0.4, -0.2) is 4.92 Å². The largest absolute Gasteiger partial charge is 0.259 e. The maximum atomic E-state index is 9.67. The van der Waals surface area contributed by atoms with E-state index in [2.05, 4.69) is 0 Å². The summed E-state index contributed by atoms with van der Waals surface area (Å²) in [5.41, 5.74) is 0.194. The van der Waals surface area contributed by atoms with Crippen LogP contribution < -0.4 is 0 Å². The fourth-order valence-corrected chi connectivity index (χ4v) is 0.105. The van der Waals surface area contributed by atoms with Crippen LogP contribution in [0.2, 0.25) is 0 Å². The van der Waals surface area contributed by atoms with Crippen molar-refractivity contribution in [3.8, 4) is 0 Å². The summed E-state index contributed by atoms with van der Waals surface area (Å²) < 4.78 is 0. The van der Waals surface area contributed by atoms with Gasteiger partial charge in [-0.3, -0.25) is 10.1 Å². The van der Waals surface area contributed by atoms with E-state index in [0.29, 0.717) is 0 Å². The van der Waals surface area contributed by atoms with Crippen LogP contribution in [0.5, 0.6) is 0 Å². The molecule has 0 bridgehead atoms. The van der Waals surface area contributed by atoms with Crippen molar-refractivity contribution in [3.05, 3.63) is 21.9 Å². The Kier molecular flexibility index (Phi) is 2.05. The zero-order chi connectivity index (χ0) is 5.86. The Bertz CT molecular complexity index is 106. The first kappa shape index (κ1) is 6.14. The highest BCUT2D eigenvalue weighted by atomic mass is 16.6. The van der Waals surface area contributed by atoms with E-state index in [9.17, 15) is 10.1 Å². The summed E-state index contributed by atoms with van der Waals surface area (Å²) >= 11 is 0. The Labute approximate surface area is 41.8 Å². The lowest BCUT2D eigenvalue weighted by Gasteiger charge is -1.81. The fraction of sp³-hybridized carbons (Fsp3) is 0.500. The summed E-state index contributed by atoms with van der Waals surface area (Å²) in [4.78, 5) is 9.25. The molecule has 0 aliphatic heterocycles. The van der Waals surface area contributed by atoms with Crippen molar-refractivity contribution in [2.45, 2.75) is 13.8 Å². The molecule has 3 heteroatoms. The van der Waals surface area contributed by atoms with Gasteiger partial charge in [0, 0.05) is 6.92 Å². The predicted molar refractivity (Wildman–Crippen MR) is 26.4 cm³/mol. The summed E-state index contributed by atoms with van der Waals surface area (Å²) in [5, 5.41) is 9.67. The lowest BCUT2D eigenvalue weighted by Crippen LogP contribution is -1.91. The summed E-state index contributed by atoms with van der Waals surface area (Å²) in [5.74, 6) is 0. The molecule has 0 spiro atoms. The van der Waals surface area contributed by atoms with Crippen LogP contribution in [-0.2, 0) is 0 Å². The molecule has 3 nitrogen and oxygen atoms in total. The van der Waals surface area contributed by atoms with Gasteiger partial charge in [0.05, 0.1) is 4.92 Å². The normalized spacial score (nSPS) is 11.4. The number of rotatable bonds is 1. The first-order valence-corrected chi connectivity index (χ1v) is 1.95. The van der Waals surface area contributed by atoms with Crippen LogP contribution >= 0.6 is 0 Å². The van der Waals surface area contributed by atoms with E-state index in [4.69, 9.17) is 0 Å². The number of hydrogen-bond donors (Lipinski definition) is 0. The van der Waals surface area contributed by atoms with Gasteiger partial charge >= 0.3 is 0 Å². The third-order valence-corrected chi connectivity index (χ3v) is 0.706. The fourth-order valence-electron chi connectivity index (χ4n) is 0.105. The van der Waals surface area contributed by atoms with Gasteiger partial charge in [-0.05, 0) is 13.0 Å². The monoisotopic (exact) mass is 101 g/mol. The van der Waals surface area contributed by atoms with Crippen LogP contribution in [0.4, 0.5) is 0 Å². The van der Waals surface area contributed by atoms with Crippen molar-refractivity contribution in [1.29, 1.82) is 0 Å². The highest BCUT2D eigenvalue weighted by Crippen LogP contribution is 1.88. The third-order valence-electron chi connectivity index (χ3n) is 0.706. The van der Waals surface area contributed by atoms with Crippen LogP contribution in [0.15, 0.2) is 11.8 Å². The molecule has 0 N–H and O–H groups in total. The van der Waals surface area contributed by atoms with Gasteiger partial charge in [0.1, 0.15) is 0 Å². The van der Waals surface area contributed by atoms with Gasteiger partial charge in [-0.25, -0.2) is 0 Å². The zero-order valence-electron chi connectivity index (χ0n) is 4.34. The highest BCUT2D eigenvalue weighted by molar-refractivity contribution is 4.81. The van der Waals surface area contributed by atoms with Crippen molar-refractivity contribution in [3.63, 3.8) is 0 Å². The Balaban J connectivity index is 3.82. The smallest absolute Gasteiger partial charge is 0.238 e. The van der Waals surface area contributed by atoms with E-state index in [-0.39, 0.29) is 5.70 Å². The first-order valence-electron chi connectivity index (χ1n) is 1.95. The molecule has 7 heavy (non-hydrogen) atoms. The molecule has 0 unspecified atom stereocenters. The minimum Gasteiger partial charge on any atom is -0.259 e. The van der Waals surface area contributed by atoms with Gasteiger partial charge in [-0.1, -0.05) is 0 Å². The maximum absolute atomic E-state index is 9.67. The highest BCUT2D eigenvalue weighted by Gasteiger charge is 1.94. The van der Waals surface area contributed by atoms with Crippen molar-refractivity contribution >= 4 is 0 Å². The second kappa shape index (κ2) is 2.34. The van der Waals surface area contributed by atoms with Crippen LogP contribution in [0.3, 0.4) is 0 Å². The van der Waals surface area contributed by atoms with E-state index >= 15 is 0 Å². The summed E-state index contributed by atoms with van der Waals surface area (Å²) in [6.07, 6.45) is 1.46.